The summed E-state index contributed by atoms with van der Waals surface area (Å²) in [5.74, 6) is 0. The Hall–Kier alpha value is -1.59. The van der Waals surface area contributed by atoms with E-state index in [2.05, 4.69) is 41.4 Å². The van der Waals surface area contributed by atoms with E-state index in [4.69, 9.17) is 9.84 Å². The van der Waals surface area contributed by atoms with Crippen LogP contribution in [-0.2, 0) is 11.3 Å². The van der Waals surface area contributed by atoms with E-state index >= 15 is 0 Å². The van der Waals surface area contributed by atoms with E-state index in [1.807, 2.05) is 6.07 Å². The van der Waals surface area contributed by atoms with Gasteiger partial charge >= 0.3 is 6.09 Å². The third kappa shape index (κ3) is 9.92. The van der Waals surface area contributed by atoms with Crippen LogP contribution in [0, 0.1) is 0 Å². The fourth-order valence-corrected chi connectivity index (χ4v) is 2.38. The number of carbonyl (C=O) groups excluding carboxylic acids is 1. The zero-order chi connectivity index (χ0) is 16.8. The number of hydrogen-bond donors (Lipinski definition) is 2. The van der Waals surface area contributed by atoms with E-state index in [0.717, 1.165) is 19.6 Å². The molecular weight excluding hydrogens is 292 g/mol. The molecule has 5 nitrogen and oxygen atoms in total. The number of nitrogens with one attached hydrogen (secondary N) is 1. The van der Waals surface area contributed by atoms with Gasteiger partial charge < -0.3 is 15.2 Å². The lowest BCUT2D eigenvalue weighted by Crippen LogP contribution is -2.35. The van der Waals surface area contributed by atoms with E-state index in [1.165, 1.54) is 31.2 Å². The van der Waals surface area contributed by atoms with Crippen LogP contribution in [0.25, 0.3) is 0 Å². The highest BCUT2D eigenvalue weighted by Crippen LogP contribution is 2.07. The zero-order valence-corrected chi connectivity index (χ0v) is 14.2. The summed E-state index contributed by atoms with van der Waals surface area (Å²) in [5, 5.41) is 11.3. The first-order valence-electron chi connectivity index (χ1n) is 8.54. The highest BCUT2D eigenvalue weighted by molar-refractivity contribution is 5.67. The van der Waals surface area contributed by atoms with E-state index < -0.39 is 6.09 Å². The van der Waals surface area contributed by atoms with E-state index in [1.54, 1.807) is 0 Å². The first-order valence-corrected chi connectivity index (χ1v) is 8.54. The number of hydrogen-bond acceptors (Lipinski definition) is 4. The molecule has 0 spiro atoms. The van der Waals surface area contributed by atoms with Crippen LogP contribution in [0.4, 0.5) is 4.79 Å². The zero-order valence-electron chi connectivity index (χ0n) is 14.2. The molecule has 2 N–H and O–H groups in total. The molecule has 1 aromatic carbocycles. The Morgan fingerprint density at radius 2 is 1.96 bits per heavy atom. The van der Waals surface area contributed by atoms with Crippen LogP contribution in [0.15, 0.2) is 30.3 Å². The van der Waals surface area contributed by atoms with Crippen molar-refractivity contribution >= 4 is 6.09 Å². The van der Waals surface area contributed by atoms with Crippen molar-refractivity contribution in [2.75, 3.05) is 32.8 Å². The number of ether oxygens (including phenoxy) is 1. The second kappa shape index (κ2) is 12.9. The summed E-state index contributed by atoms with van der Waals surface area (Å²) in [6.07, 6.45) is 4.45. The first-order chi connectivity index (χ1) is 11.3. The molecule has 1 amide bonds. The molecule has 1 aromatic rings. The van der Waals surface area contributed by atoms with Gasteiger partial charge in [-0.1, -0.05) is 56.5 Å². The minimum Gasteiger partial charge on any atom is -0.447 e. The fourth-order valence-electron chi connectivity index (χ4n) is 2.38. The topological polar surface area (TPSA) is 61.8 Å². The standard InChI is InChI=1S/C18H30N2O3/c1-2-3-4-8-12-20(16-17-9-6-5-7-10-17)13-11-19-18(22)23-15-14-21/h5-7,9-10,21H,2-4,8,11-16H2,1H3,(H,19,22). The minimum absolute atomic E-state index is 0.0383. The van der Waals surface area contributed by atoms with Gasteiger partial charge in [0.25, 0.3) is 0 Å². The average molecular weight is 322 g/mol. The molecule has 0 unspecified atom stereocenters. The van der Waals surface area contributed by atoms with Crippen molar-refractivity contribution in [3.63, 3.8) is 0 Å². The molecule has 0 aliphatic carbocycles. The third-order valence-electron chi connectivity index (χ3n) is 3.60. The van der Waals surface area contributed by atoms with Gasteiger partial charge in [-0.2, -0.15) is 0 Å². The quantitative estimate of drug-likeness (QED) is 0.581. The van der Waals surface area contributed by atoms with Crippen molar-refractivity contribution in [2.24, 2.45) is 0 Å². The number of aliphatic hydroxyl groups is 1. The molecule has 23 heavy (non-hydrogen) atoms. The molecule has 0 saturated heterocycles. The number of amides is 1. The summed E-state index contributed by atoms with van der Waals surface area (Å²) in [4.78, 5) is 13.7. The third-order valence-corrected chi connectivity index (χ3v) is 3.60. The molecule has 5 heteroatoms. The molecule has 1 rings (SSSR count). The maximum Gasteiger partial charge on any atom is 0.407 e. The van der Waals surface area contributed by atoms with Gasteiger partial charge in [0.2, 0.25) is 0 Å². The van der Waals surface area contributed by atoms with Crippen LogP contribution in [0.1, 0.15) is 38.2 Å². The van der Waals surface area contributed by atoms with Crippen LogP contribution in [-0.4, -0.2) is 48.9 Å². The maximum absolute atomic E-state index is 11.4. The van der Waals surface area contributed by atoms with Crippen molar-refractivity contribution in [1.82, 2.24) is 10.2 Å². The number of aliphatic hydroxyl groups excluding tert-OH is 1. The number of benzene rings is 1. The molecule has 0 aliphatic rings. The Labute approximate surface area is 139 Å². The van der Waals surface area contributed by atoms with Gasteiger partial charge in [0, 0.05) is 19.6 Å². The maximum atomic E-state index is 11.4. The minimum atomic E-state index is -0.468. The molecule has 0 aliphatic heterocycles. The molecular formula is C18H30N2O3. The first kappa shape index (κ1) is 19.5. The highest BCUT2D eigenvalue weighted by Gasteiger charge is 2.07. The largest absolute Gasteiger partial charge is 0.447 e. The van der Waals surface area contributed by atoms with Gasteiger partial charge in [0.1, 0.15) is 6.61 Å². The van der Waals surface area contributed by atoms with E-state index in [-0.39, 0.29) is 13.2 Å². The summed E-state index contributed by atoms with van der Waals surface area (Å²) in [7, 11) is 0. The molecule has 0 radical (unpaired) electrons. The van der Waals surface area contributed by atoms with Gasteiger partial charge in [-0.3, -0.25) is 4.90 Å². The van der Waals surface area contributed by atoms with Gasteiger partial charge in [-0.05, 0) is 18.5 Å². The Morgan fingerprint density at radius 3 is 2.65 bits per heavy atom. The number of rotatable bonds is 12. The number of nitrogens with zero attached hydrogens (tertiary/aromatic N) is 1. The van der Waals surface area contributed by atoms with Gasteiger partial charge in [0.05, 0.1) is 6.61 Å². The highest BCUT2D eigenvalue weighted by atomic mass is 16.6. The lowest BCUT2D eigenvalue weighted by molar-refractivity contribution is 0.118. The van der Waals surface area contributed by atoms with Crippen LogP contribution in [0.2, 0.25) is 0 Å². The molecule has 0 bridgehead atoms. The molecule has 0 fully saturated rings. The summed E-state index contributed by atoms with van der Waals surface area (Å²) < 4.78 is 4.79. The summed E-state index contributed by atoms with van der Waals surface area (Å²) >= 11 is 0. The van der Waals surface area contributed by atoms with Crippen molar-refractivity contribution in [2.45, 2.75) is 39.2 Å². The summed E-state index contributed by atoms with van der Waals surface area (Å²) in [6, 6.07) is 10.4. The Morgan fingerprint density at radius 1 is 1.17 bits per heavy atom. The monoisotopic (exact) mass is 322 g/mol. The normalized spacial score (nSPS) is 10.7. The molecule has 0 aromatic heterocycles. The van der Waals surface area contributed by atoms with Crippen LogP contribution >= 0.6 is 0 Å². The fraction of sp³-hybridized carbons (Fsp3) is 0.611. The molecule has 130 valence electrons. The lowest BCUT2D eigenvalue weighted by atomic mass is 10.1. The number of unbranched alkanes of at least 4 members (excludes halogenated alkanes) is 3. The predicted molar refractivity (Wildman–Crippen MR) is 92.3 cm³/mol. The van der Waals surface area contributed by atoms with Gasteiger partial charge in [0.15, 0.2) is 0 Å². The van der Waals surface area contributed by atoms with Gasteiger partial charge in [-0.15, -0.1) is 0 Å². The average Bonchev–Trinajstić information content (AvgIpc) is 2.57. The van der Waals surface area contributed by atoms with Crippen LogP contribution in [0.3, 0.4) is 0 Å². The van der Waals surface area contributed by atoms with E-state index in [9.17, 15) is 4.79 Å². The molecule has 0 heterocycles. The SMILES string of the molecule is CCCCCCN(CCNC(=O)OCCO)Cc1ccccc1. The molecule has 0 atom stereocenters. The van der Waals surface area contributed by atoms with Crippen LogP contribution < -0.4 is 5.32 Å². The van der Waals surface area contributed by atoms with Crippen molar-refractivity contribution in [3.8, 4) is 0 Å². The number of carbonyl (C=O) groups is 1. The smallest absolute Gasteiger partial charge is 0.407 e. The summed E-state index contributed by atoms with van der Waals surface area (Å²) in [6.45, 7) is 5.36. The van der Waals surface area contributed by atoms with Gasteiger partial charge in [-0.25, -0.2) is 4.79 Å². The van der Waals surface area contributed by atoms with Crippen LogP contribution in [0.5, 0.6) is 0 Å². The Kier molecular flexibility index (Phi) is 10.9. The lowest BCUT2D eigenvalue weighted by Gasteiger charge is -2.22. The summed E-state index contributed by atoms with van der Waals surface area (Å²) in [5.41, 5.74) is 1.28. The van der Waals surface area contributed by atoms with Crippen molar-refractivity contribution in [3.05, 3.63) is 35.9 Å². The molecule has 0 saturated carbocycles. The Bertz CT molecular complexity index is 412. The second-order valence-electron chi connectivity index (χ2n) is 5.61. The van der Waals surface area contributed by atoms with Crippen molar-refractivity contribution in [1.29, 1.82) is 0 Å². The number of alkyl carbamates (subject to hydrolysis) is 1. The Balaban J connectivity index is 2.36. The second-order valence-corrected chi connectivity index (χ2v) is 5.61. The van der Waals surface area contributed by atoms with Crippen molar-refractivity contribution < 1.29 is 14.6 Å². The van der Waals surface area contributed by atoms with E-state index in [0.29, 0.717) is 6.54 Å². The predicted octanol–water partition coefficient (Wildman–Crippen LogP) is 2.79.